The molecule has 5 rings (SSSR count). The Kier molecular flexibility index (Phi) is 6.82. The average Bonchev–Trinajstić information content (AvgIpc) is 3.53. The summed E-state index contributed by atoms with van der Waals surface area (Å²) in [6.45, 7) is 2.60. The van der Waals surface area contributed by atoms with E-state index in [-0.39, 0.29) is 17.5 Å². The molecule has 0 aliphatic carbocycles. The molecule has 4 aromatic rings. The average molecular weight is 479 g/mol. The monoisotopic (exact) mass is 478 g/mol. The highest BCUT2D eigenvalue weighted by Gasteiger charge is 2.21. The molecule has 1 aliphatic rings. The fraction of sp³-hybridized carbons (Fsp3) is 0.360. The standard InChI is InChI=1S/C25H27FN6O3/c1-34-21-8-9-23-18(12-21)11-19(25(33)27-23)14-31(13-17-4-6-20(26)7-5-17)16-24-28-29-30-32(24)15-22-3-2-10-35-22/h4-9,11-12,22H,2-3,10,13-16H2,1H3,(H,27,33)/t22-/m0/s1. The smallest absolute Gasteiger partial charge is 0.252 e. The van der Waals surface area contributed by atoms with E-state index in [4.69, 9.17) is 9.47 Å². The van der Waals surface area contributed by atoms with Crippen molar-refractivity contribution < 1.29 is 13.9 Å². The van der Waals surface area contributed by atoms with Crippen LogP contribution in [0.15, 0.2) is 53.3 Å². The molecule has 0 radical (unpaired) electrons. The molecule has 0 unspecified atom stereocenters. The molecule has 9 nitrogen and oxygen atoms in total. The topological polar surface area (TPSA) is 98.2 Å². The molecule has 1 saturated heterocycles. The van der Waals surface area contributed by atoms with Crippen LogP contribution >= 0.6 is 0 Å². The van der Waals surface area contributed by atoms with Gasteiger partial charge in [0.1, 0.15) is 11.6 Å². The van der Waals surface area contributed by atoms with Crippen molar-refractivity contribution in [3.05, 3.63) is 81.7 Å². The van der Waals surface area contributed by atoms with Crippen LogP contribution in [-0.2, 0) is 30.9 Å². The first-order valence-electron chi connectivity index (χ1n) is 11.6. The number of tetrazole rings is 1. The molecule has 0 saturated carbocycles. The molecule has 2 aromatic heterocycles. The summed E-state index contributed by atoms with van der Waals surface area (Å²) in [6.07, 6.45) is 2.11. The molecule has 0 amide bonds. The molecule has 2 aromatic carbocycles. The van der Waals surface area contributed by atoms with Crippen molar-refractivity contribution in [1.82, 2.24) is 30.1 Å². The maximum atomic E-state index is 13.5. The lowest BCUT2D eigenvalue weighted by molar-refractivity contribution is 0.0914. The molecular formula is C25H27FN6O3. The summed E-state index contributed by atoms with van der Waals surface area (Å²) in [4.78, 5) is 17.9. The number of methoxy groups -OCH3 is 1. The Hall–Kier alpha value is -3.63. The van der Waals surface area contributed by atoms with Gasteiger partial charge in [0.05, 0.1) is 26.3 Å². The van der Waals surface area contributed by atoms with Crippen LogP contribution in [-0.4, -0.2) is 49.9 Å². The van der Waals surface area contributed by atoms with Crippen molar-refractivity contribution in [2.75, 3.05) is 13.7 Å². The highest BCUT2D eigenvalue weighted by molar-refractivity contribution is 5.80. The van der Waals surface area contributed by atoms with Crippen LogP contribution in [0.2, 0.25) is 0 Å². The van der Waals surface area contributed by atoms with E-state index in [0.717, 1.165) is 35.9 Å². The van der Waals surface area contributed by atoms with Gasteiger partial charge >= 0.3 is 0 Å². The predicted octanol–water partition coefficient (Wildman–Crippen LogP) is 3.04. The van der Waals surface area contributed by atoms with Crippen LogP contribution in [0.5, 0.6) is 5.75 Å². The lowest BCUT2D eigenvalue weighted by Crippen LogP contribution is -2.29. The number of ether oxygens (including phenoxy) is 2. The van der Waals surface area contributed by atoms with E-state index >= 15 is 0 Å². The maximum absolute atomic E-state index is 13.5. The van der Waals surface area contributed by atoms with Gasteiger partial charge in [-0.2, -0.15) is 0 Å². The number of hydrogen-bond donors (Lipinski definition) is 1. The lowest BCUT2D eigenvalue weighted by atomic mass is 10.1. The van der Waals surface area contributed by atoms with Crippen molar-refractivity contribution in [2.24, 2.45) is 0 Å². The number of H-pyrrole nitrogens is 1. The van der Waals surface area contributed by atoms with E-state index in [1.807, 2.05) is 24.3 Å². The van der Waals surface area contributed by atoms with Gasteiger partial charge in [-0.15, -0.1) is 5.10 Å². The second kappa shape index (κ2) is 10.3. The minimum absolute atomic E-state index is 0.0983. The van der Waals surface area contributed by atoms with Gasteiger partial charge in [0, 0.05) is 36.2 Å². The third kappa shape index (κ3) is 5.55. The number of nitrogens with zero attached hydrogens (tertiary/aromatic N) is 5. The van der Waals surface area contributed by atoms with E-state index in [2.05, 4.69) is 25.4 Å². The first-order chi connectivity index (χ1) is 17.1. The number of rotatable bonds is 9. The summed E-state index contributed by atoms with van der Waals surface area (Å²) in [6, 6.07) is 13.8. The number of fused-ring (bicyclic) bond motifs is 1. The first-order valence-corrected chi connectivity index (χ1v) is 11.6. The fourth-order valence-electron chi connectivity index (χ4n) is 4.39. The molecule has 1 atom stereocenters. The maximum Gasteiger partial charge on any atom is 0.252 e. The fourth-order valence-corrected chi connectivity index (χ4v) is 4.39. The van der Waals surface area contributed by atoms with Crippen molar-refractivity contribution >= 4 is 10.9 Å². The van der Waals surface area contributed by atoms with E-state index in [9.17, 15) is 9.18 Å². The van der Waals surface area contributed by atoms with E-state index < -0.39 is 0 Å². The van der Waals surface area contributed by atoms with Crippen LogP contribution in [0.1, 0.15) is 29.8 Å². The molecule has 182 valence electrons. The Balaban J connectivity index is 1.43. The number of halogens is 1. The van der Waals surface area contributed by atoms with Gasteiger partial charge in [0.2, 0.25) is 0 Å². The summed E-state index contributed by atoms with van der Waals surface area (Å²) < 4.78 is 26.3. The Labute approximate surface area is 201 Å². The van der Waals surface area contributed by atoms with Crippen LogP contribution in [0.25, 0.3) is 10.9 Å². The molecule has 1 fully saturated rings. The van der Waals surface area contributed by atoms with Gasteiger partial charge in [-0.05, 0) is 65.2 Å². The zero-order chi connectivity index (χ0) is 24.2. The number of benzene rings is 2. The van der Waals surface area contributed by atoms with Crippen LogP contribution in [0.3, 0.4) is 0 Å². The Morgan fingerprint density at radius 3 is 2.80 bits per heavy atom. The third-order valence-corrected chi connectivity index (χ3v) is 6.21. The van der Waals surface area contributed by atoms with E-state index in [1.54, 1.807) is 23.9 Å². The van der Waals surface area contributed by atoms with Gasteiger partial charge in [0.25, 0.3) is 5.56 Å². The molecule has 0 bridgehead atoms. The van der Waals surface area contributed by atoms with Crippen LogP contribution in [0.4, 0.5) is 4.39 Å². The normalized spacial score (nSPS) is 15.8. The number of aromatic nitrogens is 5. The van der Waals surface area contributed by atoms with Crippen molar-refractivity contribution in [1.29, 1.82) is 0 Å². The highest BCUT2D eigenvalue weighted by atomic mass is 19.1. The van der Waals surface area contributed by atoms with Crippen molar-refractivity contribution in [3.8, 4) is 5.75 Å². The summed E-state index contributed by atoms with van der Waals surface area (Å²) >= 11 is 0. The number of hydrogen-bond acceptors (Lipinski definition) is 7. The van der Waals surface area contributed by atoms with Crippen LogP contribution in [0, 0.1) is 5.82 Å². The molecule has 0 spiro atoms. The highest BCUT2D eigenvalue weighted by Crippen LogP contribution is 2.20. The molecule has 1 N–H and O–H groups in total. The summed E-state index contributed by atoms with van der Waals surface area (Å²) in [5.74, 6) is 1.11. The Morgan fingerprint density at radius 2 is 2.03 bits per heavy atom. The molecule has 35 heavy (non-hydrogen) atoms. The van der Waals surface area contributed by atoms with Gasteiger partial charge < -0.3 is 14.5 Å². The van der Waals surface area contributed by atoms with E-state index in [1.165, 1.54) is 12.1 Å². The van der Waals surface area contributed by atoms with Gasteiger partial charge in [-0.25, -0.2) is 9.07 Å². The second-order valence-electron chi connectivity index (χ2n) is 8.76. The van der Waals surface area contributed by atoms with Gasteiger partial charge in [-0.3, -0.25) is 9.69 Å². The lowest BCUT2D eigenvalue weighted by Gasteiger charge is -2.22. The van der Waals surface area contributed by atoms with Crippen molar-refractivity contribution in [2.45, 2.75) is 45.1 Å². The van der Waals surface area contributed by atoms with E-state index in [0.29, 0.717) is 43.3 Å². The SMILES string of the molecule is COc1ccc2[nH]c(=O)c(CN(Cc3ccc(F)cc3)Cc3nnnn3C[C@@H]3CCCO3)cc2c1. The van der Waals surface area contributed by atoms with Gasteiger partial charge in [0.15, 0.2) is 5.82 Å². The molecule has 1 aliphatic heterocycles. The Morgan fingerprint density at radius 1 is 1.17 bits per heavy atom. The molecular weight excluding hydrogens is 451 g/mol. The first kappa shape index (κ1) is 23.1. The number of pyridine rings is 1. The summed E-state index contributed by atoms with van der Waals surface area (Å²) in [7, 11) is 1.61. The summed E-state index contributed by atoms with van der Waals surface area (Å²) in [5, 5.41) is 13.1. The minimum atomic E-state index is -0.291. The van der Waals surface area contributed by atoms with Crippen molar-refractivity contribution in [3.63, 3.8) is 0 Å². The molecule has 10 heteroatoms. The largest absolute Gasteiger partial charge is 0.497 e. The predicted molar refractivity (Wildman–Crippen MR) is 127 cm³/mol. The minimum Gasteiger partial charge on any atom is -0.497 e. The number of nitrogens with one attached hydrogen (secondary N) is 1. The van der Waals surface area contributed by atoms with Crippen LogP contribution < -0.4 is 10.3 Å². The number of aromatic amines is 1. The summed E-state index contributed by atoms with van der Waals surface area (Å²) in [5.41, 5.74) is 2.10. The quantitative estimate of drug-likeness (QED) is 0.395. The zero-order valence-corrected chi connectivity index (χ0v) is 19.5. The van der Waals surface area contributed by atoms with Gasteiger partial charge in [-0.1, -0.05) is 12.1 Å². The third-order valence-electron chi connectivity index (χ3n) is 6.21. The Bertz CT molecular complexity index is 1350. The second-order valence-corrected chi connectivity index (χ2v) is 8.76. The molecule has 3 heterocycles. The zero-order valence-electron chi connectivity index (χ0n) is 19.5.